The van der Waals surface area contributed by atoms with E-state index in [9.17, 15) is 0 Å². The lowest BCUT2D eigenvalue weighted by atomic mass is 10.1. The number of nitrogens with zero attached hydrogens (tertiary/aromatic N) is 1. The highest BCUT2D eigenvalue weighted by atomic mass is 14.2. The van der Waals surface area contributed by atoms with Crippen LogP contribution in [0.3, 0.4) is 0 Å². The maximum atomic E-state index is 8.28. The summed E-state index contributed by atoms with van der Waals surface area (Å²) in [6.07, 6.45) is 12.5. The molecule has 12 heavy (non-hydrogen) atoms. The number of hydrogen-bond donors (Lipinski definition) is 0. The molecule has 0 radical (unpaired) electrons. The predicted octanol–water partition coefficient (Wildman–Crippen LogP) is 3.82. The number of allylic oxidation sites excluding steroid dienone is 2. The molecule has 0 saturated carbocycles. The largest absolute Gasteiger partial charge is 0.198 e. The van der Waals surface area contributed by atoms with E-state index in [2.05, 4.69) is 25.1 Å². The molecule has 0 rings (SSSR count). The summed E-state index contributed by atoms with van der Waals surface area (Å²) in [5.41, 5.74) is 0. The maximum absolute atomic E-state index is 8.28. The number of hydrogen-bond acceptors (Lipinski definition) is 1. The molecule has 0 fully saturated rings. The van der Waals surface area contributed by atoms with Gasteiger partial charge in [0, 0.05) is 6.42 Å². The van der Waals surface area contributed by atoms with Crippen molar-refractivity contribution in [2.45, 2.75) is 51.9 Å². The molecule has 1 heteroatoms. The monoisotopic (exact) mass is 165 g/mol. The van der Waals surface area contributed by atoms with Crippen molar-refractivity contribution in [2.75, 3.05) is 0 Å². The molecular formula is C11H19N. The highest BCUT2D eigenvalue weighted by Gasteiger charge is 1.88. The zero-order chi connectivity index (χ0) is 9.07. The third-order valence-corrected chi connectivity index (χ3v) is 1.90. The molecule has 0 unspecified atom stereocenters. The van der Waals surface area contributed by atoms with Crippen molar-refractivity contribution in [2.24, 2.45) is 0 Å². The van der Waals surface area contributed by atoms with Gasteiger partial charge in [-0.1, -0.05) is 31.4 Å². The van der Waals surface area contributed by atoms with Crippen LogP contribution in [-0.4, -0.2) is 0 Å². The third-order valence-electron chi connectivity index (χ3n) is 1.90. The summed E-state index contributed by atoms with van der Waals surface area (Å²) in [5, 5.41) is 8.28. The van der Waals surface area contributed by atoms with Gasteiger partial charge in [-0.2, -0.15) is 5.26 Å². The molecule has 0 N–H and O–H groups in total. The highest BCUT2D eigenvalue weighted by molar-refractivity contribution is 4.76. The number of nitriles is 1. The van der Waals surface area contributed by atoms with Crippen molar-refractivity contribution in [1.82, 2.24) is 0 Å². The second-order valence-corrected chi connectivity index (χ2v) is 3.03. The highest BCUT2D eigenvalue weighted by Crippen LogP contribution is 2.06. The minimum Gasteiger partial charge on any atom is -0.198 e. The Morgan fingerprint density at radius 3 is 2.42 bits per heavy atom. The molecule has 0 aliphatic rings. The minimum absolute atomic E-state index is 0.731. The van der Waals surface area contributed by atoms with Crippen molar-refractivity contribution >= 4 is 0 Å². The second kappa shape index (κ2) is 10.2. The molecule has 0 bridgehead atoms. The smallest absolute Gasteiger partial charge is 0.0621 e. The van der Waals surface area contributed by atoms with Crippen LogP contribution in [0.4, 0.5) is 0 Å². The Morgan fingerprint density at radius 1 is 1.08 bits per heavy atom. The van der Waals surface area contributed by atoms with Crippen molar-refractivity contribution in [3.8, 4) is 6.07 Å². The Labute approximate surface area is 76.1 Å². The first-order chi connectivity index (χ1) is 5.91. The van der Waals surface area contributed by atoms with Crippen LogP contribution in [0, 0.1) is 11.3 Å². The van der Waals surface area contributed by atoms with Crippen LogP contribution in [0.15, 0.2) is 12.2 Å². The second-order valence-electron chi connectivity index (χ2n) is 3.03. The first-order valence-electron chi connectivity index (χ1n) is 4.90. The van der Waals surface area contributed by atoms with Crippen molar-refractivity contribution < 1.29 is 0 Å². The summed E-state index contributed by atoms with van der Waals surface area (Å²) in [6.45, 7) is 2.06. The Kier molecular flexibility index (Phi) is 9.57. The van der Waals surface area contributed by atoms with E-state index in [1.54, 1.807) is 0 Å². The van der Waals surface area contributed by atoms with Crippen molar-refractivity contribution in [3.63, 3.8) is 0 Å². The zero-order valence-electron chi connectivity index (χ0n) is 8.05. The van der Waals surface area contributed by atoms with Crippen molar-refractivity contribution in [1.29, 1.82) is 5.26 Å². The van der Waals surface area contributed by atoms with E-state index in [4.69, 9.17) is 5.26 Å². The third kappa shape index (κ3) is 9.23. The number of unbranched alkanes of at least 4 members (excludes halogenated alkanes) is 6. The van der Waals surface area contributed by atoms with Gasteiger partial charge in [-0.3, -0.25) is 0 Å². The molecule has 0 aromatic carbocycles. The van der Waals surface area contributed by atoms with Crippen LogP contribution >= 0.6 is 0 Å². The van der Waals surface area contributed by atoms with Crippen LogP contribution in [0.25, 0.3) is 0 Å². The topological polar surface area (TPSA) is 23.8 Å². The first-order valence-corrected chi connectivity index (χ1v) is 4.90. The van der Waals surface area contributed by atoms with Crippen LogP contribution in [-0.2, 0) is 0 Å². The molecule has 0 spiro atoms. The fraction of sp³-hybridized carbons (Fsp3) is 0.727. The molecule has 68 valence electrons. The molecule has 0 aromatic heterocycles. The maximum Gasteiger partial charge on any atom is 0.0621 e. The van der Waals surface area contributed by atoms with Crippen LogP contribution in [0.1, 0.15) is 51.9 Å². The molecule has 0 aliphatic heterocycles. The lowest BCUT2D eigenvalue weighted by molar-refractivity contribution is 0.624. The quantitative estimate of drug-likeness (QED) is 0.415. The standard InChI is InChI=1S/C11H19N/c1-2-3-4-5-6-7-8-9-10-11-12/h2-3H,4-10H2,1H3/b3-2-. The molecule has 0 atom stereocenters. The van der Waals surface area contributed by atoms with E-state index < -0.39 is 0 Å². The van der Waals surface area contributed by atoms with Gasteiger partial charge in [0.15, 0.2) is 0 Å². The van der Waals surface area contributed by atoms with Gasteiger partial charge in [-0.05, 0) is 26.2 Å². The fourth-order valence-electron chi connectivity index (χ4n) is 1.16. The Balaban J connectivity index is 2.87. The van der Waals surface area contributed by atoms with E-state index in [1.807, 2.05) is 0 Å². The van der Waals surface area contributed by atoms with E-state index in [-0.39, 0.29) is 0 Å². The van der Waals surface area contributed by atoms with E-state index in [0.29, 0.717) is 0 Å². The van der Waals surface area contributed by atoms with Crippen molar-refractivity contribution in [3.05, 3.63) is 12.2 Å². The van der Waals surface area contributed by atoms with Crippen LogP contribution in [0.5, 0.6) is 0 Å². The lowest BCUT2D eigenvalue weighted by Crippen LogP contribution is -1.77. The van der Waals surface area contributed by atoms with E-state index in [1.165, 1.54) is 32.1 Å². The van der Waals surface area contributed by atoms with Crippen LogP contribution < -0.4 is 0 Å². The summed E-state index contributed by atoms with van der Waals surface area (Å²) >= 11 is 0. The van der Waals surface area contributed by atoms with Gasteiger partial charge in [0.2, 0.25) is 0 Å². The average molecular weight is 165 g/mol. The average Bonchev–Trinajstić information content (AvgIpc) is 2.10. The Morgan fingerprint density at radius 2 is 1.75 bits per heavy atom. The summed E-state index contributed by atoms with van der Waals surface area (Å²) in [6, 6.07) is 2.17. The van der Waals surface area contributed by atoms with Gasteiger partial charge >= 0.3 is 0 Å². The first kappa shape index (κ1) is 11.2. The summed E-state index contributed by atoms with van der Waals surface area (Å²) in [4.78, 5) is 0. The van der Waals surface area contributed by atoms with Gasteiger partial charge < -0.3 is 0 Å². The summed E-state index contributed by atoms with van der Waals surface area (Å²) in [5.74, 6) is 0. The molecule has 0 heterocycles. The van der Waals surface area contributed by atoms with Gasteiger partial charge in [0.05, 0.1) is 6.07 Å². The number of rotatable bonds is 7. The van der Waals surface area contributed by atoms with Gasteiger partial charge in [-0.15, -0.1) is 0 Å². The van der Waals surface area contributed by atoms with E-state index >= 15 is 0 Å². The predicted molar refractivity (Wildman–Crippen MR) is 52.7 cm³/mol. The molecule has 0 saturated heterocycles. The van der Waals surface area contributed by atoms with Gasteiger partial charge in [0.25, 0.3) is 0 Å². The lowest BCUT2D eigenvalue weighted by Gasteiger charge is -1.96. The Hall–Kier alpha value is -0.770. The molecular weight excluding hydrogens is 146 g/mol. The summed E-state index contributed by atoms with van der Waals surface area (Å²) < 4.78 is 0. The Bertz CT molecular complexity index is 142. The van der Waals surface area contributed by atoms with Crippen LogP contribution in [0.2, 0.25) is 0 Å². The normalized spacial score (nSPS) is 10.3. The SMILES string of the molecule is C/C=C\CCCCCCCC#N. The fourth-order valence-corrected chi connectivity index (χ4v) is 1.16. The molecule has 0 amide bonds. The molecule has 1 nitrogen and oxygen atoms in total. The van der Waals surface area contributed by atoms with Gasteiger partial charge in [0.1, 0.15) is 0 Å². The van der Waals surface area contributed by atoms with Gasteiger partial charge in [-0.25, -0.2) is 0 Å². The molecule has 0 aliphatic carbocycles. The zero-order valence-corrected chi connectivity index (χ0v) is 8.05. The molecule has 0 aromatic rings. The minimum atomic E-state index is 0.731. The summed E-state index contributed by atoms with van der Waals surface area (Å²) in [7, 11) is 0. The van der Waals surface area contributed by atoms with E-state index in [0.717, 1.165) is 12.8 Å².